The van der Waals surface area contributed by atoms with Gasteiger partial charge in [0.1, 0.15) is 5.82 Å². The van der Waals surface area contributed by atoms with Gasteiger partial charge in [-0.05, 0) is 49.7 Å². The van der Waals surface area contributed by atoms with E-state index in [0.29, 0.717) is 0 Å². The summed E-state index contributed by atoms with van der Waals surface area (Å²) in [6, 6.07) is 17.5. The number of carbonyl (C=O) groups excluding carboxylic acids is 1. The highest BCUT2D eigenvalue weighted by Crippen LogP contribution is 2.20. The van der Waals surface area contributed by atoms with Crippen molar-refractivity contribution < 1.29 is 13.9 Å². The van der Waals surface area contributed by atoms with Crippen LogP contribution in [0.5, 0.6) is 0 Å². The van der Waals surface area contributed by atoms with Crippen LogP contribution in [0, 0.1) is 19.7 Å². The molecule has 1 atom stereocenters. The molecule has 0 aliphatic rings. The average Bonchev–Trinajstić information content (AvgIpc) is 2.97. The van der Waals surface area contributed by atoms with Crippen LogP contribution in [0.25, 0.3) is 5.69 Å². The molecule has 3 rings (SSSR count). The Morgan fingerprint density at radius 2 is 1.82 bits per heavy atom. The van der Waals surface area contributed by atoms with E-state index in [1.54, 1.807) is 18.3 Å². The van der Waals surface area contributed by atoms with Crippen molar-refractivity contribution in [1.29, 1.82) is 0 Å². The fraction of sp³-hybridized carbons (Fsp3) is 0.182. The minimum Gasteiger partial charge on any atom is -0.367 e. The zero-order valence-electron chi connectivity index (χ0n) is 16.0. The third kappa shape index (κ3) is 4.18. The summed E-state index contributed by atoms with van der Waals surface area (Å²) in [5.41, 5.74) is 6.93. The van der Waals surface area contributed by atoms with Crippen molar-refractivity contribution in [2.45, 2.75) is 20.0 Å². The van der Waals surface area contributed by atoms with Crippen LogP contribution in [-0.4, -0.2) is 23.8 Å². The number of nitrogens with one attached hydrogen (secondary N) is 1. The normalized spacial score (nSPS) is 12.3. The second kappa shape index (κ2) is 8.63. The molecule has 3 aromatic rings. The quantitative estimate of drug-likeness (QED) is 0.518. The summed E-state index contributed by atoms with van der Waals surface area (Å²) in [4.78, 5) is 12.4. The van der Waals surface area contributed by atoms with Crippen molar-refractivity contribution in [2.75, 3.05) is 7.11 Å². The van der Waals surface area contributed by atoms with Gasteiger partial charge in [0.15, 0.2) is 6.10 Å². The summed E-state index contributed by atoms with van der Waals surface area (Å²) in [5.74, 6) is -0.626. The van der Waals surface area contributed by atoms with Crippen molar-refractivity contribution in [3.8, 4) is 5.69 Å². The van der Waals surface area contributed by atoms with E-state index in [1.165, 1.54) is 19.2 Å². The van der Waals surface area contributed by atoms with E-state index in [0.717, 1.165) is 28.2 Å². The van der Waals surface area contributed by atoms with Crippen molar-refractivity contribution >= 4 is 12.1 Å². The smallest absolute Gasteiger partial charge is 0.273 e. The molecule has 0 radical (unpaired) electrons. The summed E-state index contributed by atoms with van der Waals surface area (Å²) < 4.78 is 20.5. The molecule has 0 aliphatic carbocycles. The summed E-state index contributed by atoms with van der Waals surface area (Å²) >= 11 is 0. The molecule has 0 fully saturated rings. The highest BCUT2D eigenvalue weighted by atomic mass is 19.1. The van der Waals surface area contributed by atoms with Gasteiger partial charge in [-0.1, -0.05) is 30.3 Å². The minimum atomic E-state index is -0.731. The van der Waals surface area contributed by atoms with E-state index >= 15 is 0 Å². The van der Waals surface area contributed by atoms with Crippen LogP contribution in [0.15, 0.2) is 65.8 Å². The number of hydrazone groups is 1. The van der Waals surface area contributed by atoms with E-state index in [4.69, 9.17) is 4.74 Å². The Bertz CT molecular complexity index is 979. The molecule has 1 aromatic heterocycles. The number of methoxy groups -OCH3 is 1. The zero-order chi connectivity index (χ0) is 20.1. The number of hydrogen-bond acceptors (Lipinski definition) is 3. The Labute approximate surface area is 163 Å². The van der Waals surface area contributed by atoms with Gasteiger partial charge in [0.05, 0.1) is 6.21 Å². The standard InChI is InChI=1S/C22H22FN3O2/c1-15-13-18(16(2)26(15)20-11-9-19(23)10-12-20)14-24-25-22(27)21(28-3)17-7-5-4-6-8-17/h4-14,21H,1-3H3,(H,25,27)/b24-14-/t21-/m1/s1. The SMILES string of the molecule is CO[C@@H](C(=O)N/N=C\c1cc(C)n(-c2ccc(F)cc2)c1C)c1ccccc1. The van der Waals surface area contributed by atoms with Crippen LogP contribution in [0.4, 0.5) is 4.39 Å². The van der Waals surface area contributed by atoms with Gasteiger partial charge in [-0.15, -0.1) is 0 Å². The van der Waals surface area contributed by atoms with Crippen LogP contribution in [0.2, 0.25) is 0 Å². The largest absolute Gasteiger partial charge is 0.367 e. The number of carbonyl (C=O) groups is 1. The van der Waals surface area contributed by atoms with Crippen molar-refractivity contribution in [1.82, 2.24) is 9.99 Å². The number of amides is 1. The third-order valence-electron chi connectivity index (χ3n) is 4.51. The van der Waals surface area contributed by atoms with Gasteiger partial charge in [0.25, 0.3) is 5.91 Å². The van der Waals surface area contributed by atoms with Crippen LogP contribution in [-0.2, 0) is 9.53 Å². The summed E-state index contributed by atoms with van der Waals surface area (Å²) in [6.07, 6.45) is 0.864. The van der Waals surface area contributed by atoms with Crippen LogP contribution < -0.4 is 5.43 Å². The van der Waals surface area contributed by atoms with Gasteiger partial charge in [-0.3, -0.25) is 4.79 Å². The topological polar surface area (TPSA) is 55.6 Å². The van der Waals surface area contributed by atoms with Crippen LogP contribution in [0.1, 0.15) is 28.6 Å². The first-order valence-corrected chi connectivity index (χ1v) is 8.87. The molecule has 0 saturated heterocycles. The minimum absolute atomic E-state index is 0.276. The Kier molecular flexibility index (Phi) is 6.01. The molecule has 5 nitrogen and oxygen atoms in total. The maximum atomic E-state index is 13.2. The molecule has 1 N–H and O–H groups in total. The molecule has 0 unspecified atom stereocenters. The first-order valence-electron chi connectivity index (χ1n) is 8.87. The number of benzene rings is 2. The molecular weight excluding hydrogens is 357 g/mol. The Morgan fingerprint density at radius 3 is 2.46 bits per heavy atom. The van der Waals surface area contributed by atoms with E-state index < -0.39 is 6.10 Å². The lowest BCUT2D eigenvalue weighted by atomic mass is 10.1. The first kappa shape index (κ1) is 19.5. The number of aromatic nitrogens is 1. The van der Waals surface area contributed by atoms with Gasteiger partial charge in [-0.2, -0.15) is 5.10 Å². The molecule has 28 heavy (non-hydrogen) atoms. The summed E-state index contributed by atoms with van der Waals surface area (Å²) in [6.45, 7) is 3.91. The number of ether oxygens (including phenoxy) is 1. The molecule has 144 valence electrons. The fourth-order valence-electron chi connectivity index (χ4n) is 3.15. The van der Waals surface area contributed by atoms with Crippen molar-refractivity contribution in [3.05, 3.63) is 89.0 Å². The third-order valence-corrected chi connectivity index (χ3v) is 4.51. The molecule has 1 heterocycles. The zero-order valence-corrected chi connectivity index (χ0v) is 16.0. The number of nitrogens with zero attached hydrogens (tertiary/aromatic N) is 2. The monoisotopic (exact) mass is 379 g/mol. The van der Waals surface area contributed by atoms with E-state index in [-0.39, 0.29) is 11.7 Å². The van der Waals surface area contributed by atoms with Crippen LogP contribution in [0.3, 0.4) is 0 Å². The summed E-state index contributed by atoms with van der Waals surface area (Å²) in [5, 5.41) is 4.08. The Morgan fingerprint density at radius 1 is 1.14 bits per heavy atom. The molecular formula is C22H22FN3O2. The predicted molar refractivity (Wildman–Crippen MR) is 107 cm³/mol. The van der Waals surface area contributed by atoms with E-state index in [2.05, 4.69) is 10.5 Å². The number of rotatable bonds is 6. The van der Waals surface area contributed by atoms with Gasteiger partial charge in [0.2, 0.25) is 0 Å². The van der Waals surface area contributed by atoms with E-state index in [9.17, 15) is 9.18 Å². The lowest BCUT2D eigenvalue weighted by Crippen LogP contribution is -2.26. The number of halogens is 1. The fourth-order valence-corrected chi connectivity index (χ4v) is 3.15. The van der Waals surface area contributed by atoms with Crippen molar-refractivity contribution in [3.63, 3.8) is 0 Å². The van der Waals surface area contributed by atoms with Gasteiger partial charge in [0, 0.05) is 29.7 Å². The molecule has 1 amide bonds. The highest BCUT2D eigenvalue weighted by Gasteiger charge is 2.19. The Balaban J connectivity index is 1.75. The van der Waals surface area contributed by atoms with Gasteiger partial charge < -0.3 is 9.30 Å². The maximum absolute atomic E-state index is 13.2. The van der Waals surface area contributed by atoms with Gasteiger partial charge in [-0.25, -0.2) is 9.82 Å². The number of hydrogen-bond donors (Lipinski definition) is 1. The molecule has 0 spiro atoms. The second-order valence-electron chi connectivity index (χ2n) is 6.40. The molecule has 6 heteroatoms. The summed E-state index contributed by atoms with van der Waals surface area (Å²) in [7, 11) is 1.48. The average molecular weight is 379 g/mol. The first-order chi connectivity index (χ1) is 13.5. The Hall–Kier alpha value is -3.25. The molecule has 2 aromatic carbocycles. The molecule has 0 aliphatic heterocycles. The highest BCUT2D eigenvalue weighted by molar-refractivity contribution is 5.86. The maximum Gasteiger partial charge on any atom is 0.273 e. The van der Waals surface area contributed by atoms with Crippen molar-refractivity contribution in [2.24, 2.45) is 5.10 Å². The predicted octanol–water partition coefficient (Wildman–Crippen LogP) is 4.07. The van der Waals surface area contributed by atoms with Gasteiger partial charge >= 0.3 is 0 Å². The van der Waals surface area contributed by atoms with E-state index in [1.807, 2.05) is 54.8 Å². The lowest BCUT2D eigenvalue weighted by molar-refractivity contribution is -0.131. The molecule has 0 bridgehead atoms. The number of aryl methyl sites for hydroxylation is 1. The lowest BCUT2D eigenvalue weighted by Gasteiger charge is -2.13. The van der Waals surface area contributed by atoms with Crippen LogP contribution >= 0.6 is 0 Å². The molecule has 0 saturated carbocycles. The second-order valence-corrected chi connectivity index (χ2v) is 6.40.